The molecule has 2 saturated carbocycles. The molecule has 56 heavy (non-hydrogen) atoms. The fourth-order valence-electron chi connectivity index (χ4n) is 8.37. The second-order valence-electron chi connectivity index (χ2n) is 14.8. The molecule has 0 atom stereocenters. The zero-order chi connectivity index (χ0) is 41.2. The topological polar surface area (TPSA) is 152 Å². The molecule has 308 valence electrons. The molecule has 0 unspecified atom stereocenters. The first-order valence-corrected chi connectivity index (χ1v) is 20.7. The van der Waals surface area contributed by atoms with E-state index in [2.05, 4.69) is 16.0 Å². The lowest BCUT2D eigenvalue weighted by Gasteiger charge is -2.38. The predicted molar refractivity (Wildman–Crippen MR) is 219 cm³/mol. The normalized spacial score (nSPS) is 23.3. The molecule has 2 fully saturated rings. The van der Waals surface area contributed by atoms with E-state index in [1.807, 2.05) is 52.0 Å². The molecule has 0 bridgehead atoms. The summed E-state index contributed by atoms with van der Waals surface area (Å²) in [6.45, 7) is 10.0. The van der Waals surface area contributed by atoms with Gasteiger partial charge >= 0.3 is 12.0 Å². The van der Waals surface area contributed by atoms with Crippen LogP contribution in [0.3, 0.4) is 0 Å². The Kier molecular flexibility index (Phi) is 16.2. The standard InChI is InChI=1S/C23H33ClN2O5.C20H26ClNO3/c1-5-15-12-17(24)13-16(6-2)19(15)14-20(27)25-22(29)26-23(21(28)31-7-3)10-8-18(30-4)9-11-23;1-4-12-10-14(21)11-13(5-2)16(12)17-18(23)20(22-19(17)24)8-6-15(25-3)7-9-20/h12-13,18H,5-11,14H2,1-4H3,(H2,25,26,27,29);10-11,15,23H,4-9H2,1-3H3,(H,22,24). The van der Waals surface area contributed by atoms with Crippen LogP contribution in [0.2, 0.25) is 10.0 Å². The summed E-state index contributed by atoms with van der Waals surface area (Å²) in [4.78, 5) is 50.7. The number of hydrogen-bond donors (Lipinski definition) is 4. The van der Waals surface area contributed by atoms with E-state index in [0.717, 1.165) is 71.9 Å². The van der Waals surface area contributed by atoms with Crippen LogP contribution < -0.4 is 16.0 Å². The summed E-state index contributed by atoms with van der Waals surface area (Å²) in [7, 11) is 3.35. The number of methoxy groups -OCH3 is 2. The number of rotatable bonds is 12. The minimum Gasteiger partial charge on any atom is -0.509 e. The summed E-state index contributed by atoms with van der Waals surface area (Å²) in [6.07, 6.45) is 8.36. The van der Waals surface area contributed by atoms with Crippen LogP contribution in [0.25, 0.3) is 5.57 Å². The second-order valence-corrected chi connectivity index (χ2v) is 15.7. The molecule has 1 heterocycles. The maximum Gasteiger partial charge on any atom is 0.331 e. The average molecular weight is 817 g/mol. The number of halogens is 2. The average Bonchev–Trinajstić information content (AvgIpc) is 3.42. The lowest BCUT2D eigenvalue weighted by Crippen LogP contribution is -2.60. The molecule has 3 aliphatic rings. The minimum atomic E-state index is -1.15. The van der Waals surface area contributed by atoms with Gasteiger partial charge in [0, 0.05) is 24.3 Å². The molecule has 4 amide bonds. The third kappa shape index (κ3) is 10.3. The third-order valence-corrected chi connectivity index (χ3v) is 12.0. The highest BCUT2D eigenvalue weighted by atomic mass is 35.5. The van der Waals surface area contributed by atoms with Crippen molar-refractivity contribution in [1.82, 2.24) is 16.0 Å². The van der Waals surface area contributed by atoms with Gasteiger partial charge in [-0.15, -0.1) is 0 Å². The zero-order valence-electron chi connectivity index (χ0n) is 33.9. The largest absolute Gasteiger partial charge is 0.509 e. The summed E-state index contributed by atoms with van der Waals surface area (Å²) < 4.78 is 16.0. The maximum atomic E-state index is 12.8. The van der Waals surface area contributed by atoms with E-state index in [4.69, 9.17) is 37.4 Å². The smallest absolute Gasteiger partial charge is 0.331 e. The fourth-order valence-corrected chi connectivity index (χ4v) is 8.89. The van der Waals surface area contributed by atoms with Crippen LogP contribution >= 0.6 is 23.2 Å². The summed E-state index contributed by atoms with van der Waals surface area (Å²) in [5, 5.41) is 20.6. The highest BCUT2D eigenvalue weighted by Gasteiger charge is 2.49. The molecule has 2 aromatic rings. The van der Waals surface area contributed by atoms with Crippen LogP contribution in [-0.2, 0) is 60.7 Å². The molecular weight excluding hydrogens is 757 g/mol. The Labute approximate surface area is 341 Å². The van der Waals surface area contributed by atoms with E-state index in [1.54, 1.807) is 21.1 Å². The summed E-state index contributed by atoms with van der Waals surface area (Å²) in [5.41, 5.74) is 4.36. The predicted octanol–water partition coefficient (Wildman–Crippen LogP) is 7.92. The van der Waals surface area contributed by atoms with E-state index < -0.39 is 29.0 Å². The van der Waals surface area contributed by atoms with Crippen LogP contribution in [-0.4, -0.2) is 73.0 Å². The Morgan fingerprint density at radius 3 is 1.70 bits per heavy atom. The first-order valence-electron chi connectivity index (χ1n) is 20.0. The summed E-state index contributed by atoms with van der Waals surface area (Å²) in [5.74, 6) is -0.904. The van der Waals surface area contributed by atoms with Crippen molar-refractivity contribution >= 4 is 52.6 Å². The number of carbonyl (C=O) groups is 4. The Bertz CT molecular complexity index is 1730. The third-order valence-electron chi connectivity index (χ3n) is 11.6. The van der Waals surface area contributed by atoms with Crippen LogP contribution in [0.15, 0.2) is 30.0 Å². The molecule has 0 saturated heterocycles. The van der Waals surface area contributed by atoms with Gasteiger partial charge in [0.15, 0.2) is 0 Å². The lowest BCUT2D eigenvalue weighted by atomic mass is 9.78. The van der Waals surface area contributed by atoms with Crippen molar-refractivity contribution in [1.29, 1.82) is 0 Å². The van der Waals surface area contributed by atoms with Crippen molar-refractivity contribution < 1.29 is 38.5 Å². The summed E-state index contributed by atoms with van der Waals surface area (Å²) in [6, 6.07) is 6.81. The number of imide groups is 1. The van der Waals surface area contributed by atoms with Crippen LogP contribution in [0.4, 0.5) is 4.79 Å². The number of ether oxygens (including phenoxy) is 3. The van der Waals surface area contributed by atoms with Crippen molar-refractivity contribution in [2.24, 2.45) is 0 Å². The van der Waals surface area contributed by atoms with E-state index >= 15 is 0 Å². The van der Waals surface area contributed by atoms with Crippen molar-refractivity contribution in [2.75, 3.05) is 20.8 Å². The highest BCUT2D eigenvalue weighted by Crippen LogP contribution is 2.44. The van der Waals surface area contributed by atoms with Gasteiger partial charge in [0.1, 0.15) is 11.3 Å². The number of esters is 1. The molecule has 0 radical (unpaired) electrons. The SMILES string of the molecule is CCOC(=O)C1(NC(=O)NC(=O)Cc2c(CC)cc(Cl)cc2CC)CCC(OC)CC1.CCc1cc(Cl)cc(CC)c1C1=C(O)C2(CCC(OC)CC2)NC1=O. The molecule has 0 aromatic heterocycles. The molecule has 4 N–H and O–H groups in total. The van der Waals surface area contributed by atoms with Crippen molar-refractivity contribution in [3.05, 3.63) is 73.5 Å². The van der Waals surface area contributed by atoms with Gasteiger partial charge in [0.2, 0.25) is 5.91 Å². The number of aliphatic hydroxyl groups excluding tert-OH is 1. The van der Waals surface area contributed by atoms with Gasteiger partial charge in [-0.1, -0.05) is 50.9 Å². The van der Waals surface area contributed by atoms with Crippen molar-refractivity contribution in [3.8, 4) is 0 Å². The monoisotopic (exact) mass is 815 g/mol. The molecule has 1 spiro atoms. The Hall–Kier alpha value is -3.64. The van der Waals surface area contributed by atoms with Gasteiger partial charge < -0.3 is 30.0 Å². The van der Waals surface area contributed by atoms with Gasteiger partial charge in [0.05, 0.1) is 36.3 Å². The highest BCUT2D eigenvalue weighted by molar-refractivity contribution is 6.31. The second kappa shape index (κ2) is 20.2. The molecule has 11 nitrogen and oxygen atoms in total. The first kappa shape index (κ1) is 45.1. The van der Waals surface area contributed by atoms with E-state index in [1.165, 1.54) is 0 Å². The van der Waals surface area contributed by atoms with Crippen LogP contribution in [0.5, 0.6) is 0 Å². The Morgan fingerprint density at radius 2 is 1.25 bits per heavy atom. The number of nitrogens with one attached hydrogen (secondary N) is 3. The molecule has 5 rings (SSSR count). The maximum absolute atomic E-state index is 12.8. The molecular formula is C43H59Cl2N3O8. The molecule has 13 heteroatoms. The van der Waals surface area contributed by atoms with Crippen LogP contribution in [0, 0.1) is 0 Å². The van der Waals surface area contributed by atoms with Crippen LogP contribution in [0.1, 0.15) is 119 Å². The summed E-state index contributed by atoms with van der Waals surface area (Å²) >= 11 is 12.4. The molecule has 1 aliphatic heterocycles. The first-order chi connectivity index (χ1) is 26.7. The minimum absolute atomic E-state index is 0.0406. The van der Waals surface area contributed by atoms with Crippen molar-refractivity contribution in [3.63, 3.8) is 0 Å². The number of carbonyl (C=O) groups excluding carboxylic acids is 4. The lowest BCUT2D eigenvalue weighted by molar-refractivity contribution is -0.153. The van der Waals surface area contributed by atoms with E-state index in [9.17, 15) is 24.3 Å². The molecule has 2 aliphatic carbocycles. The molecule has 2 aromatic carbocycles. The Balaban J connectivity index is 0.000000254. The number of aryl methyl sites for hydroxylation is 4. The van der Waals surface area contributed by atoms with Gasteiger partial charge in [-0.05, 0) is 142 Å². The number of aliphatic hydroxyl groups is 1. The van der Waals surface area contributed by atoms with Gasteiger partial charge in [-0.25, -0.2) is 9.59 Å². The zero-order valence-corrected chi connectivity index (χ0v) is 35.4. The number of amides is 4. The Morgan fingerprint density at radius 1 is 0.786 bits per heavy atom. The van der Waals surface area contributed by atoms with Crippen molar-refractivity contribution in [2.45, 2.75) is 141 Å². The quantitative estimate of drug-likeness (QED) is 0.158. The van der Waals surface area contributed by atoms with Gasteiger partial charge in [0.25, 0.3) is 5.91 Å². The van der Waals surface area contributed by atoms with E-state index in [0.29, 0.717) is 54.1 Å². The fraction of sp³-hybridized carbons (Fsp3) is 0.581. The van der Waals surface area contributed by atoms with E-state index in [-0.39, 0.29) is 36.9 Å². The number of urea groups is 1. The number of hydrogen-bond acceptors (Lipinski definition) is 8. The number of benzene rings is 2. The van der Waals surface area contributed by atoms with Gasteiger partial charge in [-0.2, -0.15) is 0 Å². The van der Waals surface area contributed by atoms with Gasteiger partial charge in [-0.3, -0.25) is 14.9 Å².